The van der Waals surface area contributed by atoms with Crippen LogP contribution in [0.5, 0.6) is 5.75 Å². The van der Waals surface area contributed by atoms with Gasteiger partial charge in [0.1, 0.15) is 5.75 Å². The van der Waals surface area contributed by atoms with Gasteiger partial charge in [-0.3, -0.25) is 9.52 Å². The van der Waals surface area contributed by atoms with Crippen LogP contribution in [0.2, 0.25) is 0 Å². The summed E-state index contributed by atoms with van der Waals surface area (Å²) < 4.78 is 32.7. The fourth-order valence-corrected chi connectivity index (χ4v) is 4.15. The number of methoxy groups -OCH3 is 1. The minimum atomic E-state index is -3.69. The molecule has 3 rings (SSSR count). The molecular weight excluding hydrogens is 420 g/mol. The maximum Gasteiger partial charge on any atom is 0.261 e. The minimum absolute atomic E-state index is 0.182. The van der Waals surface area contributed by atoms with E-state index >= 15 is 0 Å². The van der Waals surface area contributed by atoms with Crippen LogP contribution in [0, 0.1) is 0 Å². The van der Waals surface area contributed by atoms with E-state index in [9.17, 15) is 13.2 Å². The van der Waals surface area contributed by atoms with E-state index in [-0.39, 0.29) is 10.8 Å². The lowest BCUT2D eigenvalue weighted by atomic mass is 10.2. The summed E-state index contributed by atoms with van der Waals surface area (Å²) in [6, 6.07) is 20.4. The standard InChI is InChI=1S/C22H22N2O4S2/c1-28-19-9-3-16(4-10-19)15-23-22(25)17-5-7-18(8-6-17)24-30(26,27)21-13-11-20(29-2)12-14-21/h3-14,24H,15H2,1-2H3,(H,23,25). The SMILES string of the molecule is COc1ccc(CNC(=O)c2ccc(NS(=O)(=O)c3ccc(SC)cc3)cc2)cc1. The molecule has 0 saturated heterocycles. The molecule has 0 aromatic heterocycles. The Kier molecular flexibility index (Phi) is 7.02. The van der Waals surface area contributed by atoms with E-state index in [4.69, 9.17) is 4.74 Å². The van der Waals surface area contributed by atoms with Crippen molar-refractivity contribution in [3.63, 3.8) is 0 Å². The van der Waals surface area contributed by atoms with Gasteiger partial charge in [-0.15, -0.1) is 11.8 Å². The van der Waals surface area contributed by atoms with Crippen molar-refractivity contribution < 1.29 is 17.9 Å². The third kappa shape index (κ3) is 5.55. The van der Waals surface area contributed by atoms with Crippen LogP contribution in [0.3, 0.4) is 0 Å². The Morgan fingerprint density at radius 2 is 1.57 bits per heavy atom. The fraction of sp³-hybridized carbons (Fsp3) is 0.136. The molecule has 1 amide bonds. The van der Waals surface area contributed by atoms with Gasteiger partial charge >= 0.3 is 0 Å². The van der Waals surface area contributed by atoms with Gasteiger partial charge in [0.15, 0.2) is 0 Å². The maximum absolute atomic E-state index is 12.5. The molecule has 6 nitrogen and oxygen atoms in total. The van der Waals surface area contributed by atoms with Crippen molar-refractivity contribution in [1.29, 1.82) is 0 Å². The highest BCUT2D eigenvalue weighted by Gasteiger charge is 2.14. The van der Waals surface area contributed by atoms with Crippen LogP contribution in [0.25, 0.3) is 0 Å². The summed E-state index contributed by atoms with van der Waals surface area (Å²) in [5.74, 6) is 0.510. The lowest BCUT2D eigenvalue weighted by Crippen LogP contribution is -2.22. The van der Waals surface area contributed by atoms with Crippen LogP contribution >= 0.6 is 11.8 Å². The van der Waals surface area contributed by atoms with Crippen molar-refractivity contribution in [3.05, 3.63) is 83.9 Å². The first kappa shape index (κ1) is 21.7. The van der Waals surface area contributed by atoms with E-state index in [1.54, 1.807) is 67.4 Å². The van der Waals surface area contributed by atoms with E-state index < -0.39 is 10.0 Å². The second-order valence-corrected chi connectivity index (χ2v) is 8.95. The summed E-state index contributed by atoms with van der Waals surface area (Å²) in [5.41, 5.74) is 1.77. The number of benzene rings is 3. The fourth-order valence-electron chi connectivity index (χ4n) is 2.69. The summed E-state index contributed by atoms with van der Waals surface area (Å²) in [6.45, 7) is 0.378. The first-order valence-corrected chi connectivity index (χ1v) is 11.8. The molecule has 0 radical (unpaired) electrons. The summed E-state index contributed by atoms with van der Waals surface area (Å²) in [7, 11) is -2.09. The molecule has 0 unspecified atom stereocenters. The van der Waals surface area contributed by atoms with E-state index in [0.717, 1.165) is 16.2 Å². The number of thioether (sulfide) groups is 1. The van der Waals surface area contributed by atoms with Crippen LogP contribution in [-0.4, -0.2) is 27.7 Å². The number of amides is 1. The van der Waals surface area contributed by atoms with E-state index in [2.05, 4.69) is 10.0 Å². The van der Waals surface area contributed by atoms with Gasteiger partial charge in [0, 0.05) is 22.7 Å². The molecule has 3 aromatic carbocycles. The lowest BCUT2D eigenvalue weighted by molar-refractivity contribution is 0.0951. The van der Waals surface area contributed by atoms with Gasteiger partial charge in [0.05, 0.1) is 12.0 Å². The van der Waals surface area contributed by atoms with Gasteiger partial charge in [0.2, 0.25) is 0 Å². The second-order valence-electron chi connectivity index (χ2n) is 6.39. The monoisotopic (exact) mass is 442 g/mol. The van der Waals surface area contributed by atoms with E-state index in [1.807, 2.05) is 30.5 Å². The smallest absolute Gasteiger partial charge is 0.261 e. The molecule has 156 valence electrons. The molecule has 0 saturated carbocycles. The molecule has 8 heteroatoms. The summed E-state index contributed by atoms with van der Waals surface area (Å²) >= 11 is 1.54. The molecule has 0 heterocycles. The Balaban J connectivity index is 1.61. The Morgan fingerprint density at radius 1 is 0.933 bits per heavy atom. The van der Waals surface area contributed by atoms with Gasteiger partial charge in [-0.25, -0.2) is 8.42 Å². The topological polar surface area (TPSA) is 84.5 Å². The van der Waals surface area contributed by atoms with Crippen LogP contribution in [0.4, 0.5) is 5.69 Å². The predicted octanol–water partition coefficient (Wildman–Crippen LogP) is 4.15. The number of carbonyl (C=O) groups is 1. The van der Waals surface area contributed by atoms with Crippen molar-refractivity contribution in [2.75, 3.05) is 18.1 Å². The number of hydrogen-bond acceptors (Lipinski definition) is 5. The van der Waals surface area contributed by atoms with Crippen molar-refractivity contribution in [2.45, 2.75) is 16.3 Å². The Morgan fingerprint density at radius 3 is 2.13 bits per heavy atom. The third-order valence-corrected chi connectivity index (χ3v) is 6.52. The normalized spacial score (nSPS) is 11.0. The molecule has 0 aliphatic heterocycles. The Labute approximate surface area is 180 Å². The zero-order chi connectivity index (χ0) is 21.6. The van der Waals surface area contributed by atoms with E-state index in [1.165, 1.54) is 0 Å². The van der Waals surface area contributed by atoms with Gasteiger partial charge < -0.3 is 10.1 Å². The molecule has 0 spiro atoms. The molecule has 0 bridgehead atoms. The summed E-state index contributed by atoms with van der Waals surface area (Å²) in [6.07, 6.45) is 1.93. The van der Waals surface area contributed by atoms with Crippen molar-refractivity contribution in [1.82, 2.24) is 5.32 Å². The van der Waals surface area contributed by atoms with Crippen molar-refractivity contribution in [3.8, 4) is 5.75 Å². The quantitative estimate of drug-likeness (QED) is 0.512. The highest BCUT2D eigenvalue weighted by molar-refractivity contribution is 7.98. The average Bonchev–Trinajstić information content (AvgIpc) is 2.78. The predicted molar refractivity (Wildman–Crippen MR) is 120 cm³/mol. The van der Waals surface area contributed by atoms with Crippen LogP contribution < -0.4 is 14.8 Å². The second kappa shape index (κ2) is 9.69. The number of ether oxygens (including phenoxy) is 1. The molecular formula is C22H22N2O4S2. The molecule has 3 aromatic rings. The molecule has 30 heavy (non-hydrogen) atoms. The number of anilines is 1. The van der Waals surface area contributed by atoms with Gasteiger partial charge in [-0.1, -0.05) is 12.1 Å². The van der Waals surface area contributed by atoms with Crippen molar-refractivity contribution >= 4 is 33.4 Å². The number of hydrogen-bond donors (Lipinski definition) is 2. The molecule has 0 aliphatic carbocycles. The number of carbonyl (C=O) groups excluding carboxylic acids is 1. The van der Waals surface area contributed by atoms with Gasteiger partial charge in [-0.05, 0) is 72.5 Å². The molecule has 0 aliphatic rings. The van der Waals surface area contributed by atoms with E-state index in [0.29, 0.717) is 17.8 Å². The van der Waals surface area contributed by atoms with Crippen LogP contribution in [0.15, 0.2) is 82.6 Å². The number of sulfonamides is 1. The third-order valence-electron chi connectivity index (χ3n) is 4.38. The Bertz CT molecular complexity index is 1100. The largest absolute Gasteiger partial charge is 0.497 e. The Hall–Kier alpha value is -2.97. The summed E-state index contributed by atoms with van der Waals surface area (Å²) in [5, 5.41) is 2.84. The zero-order valence-corrected chi connectivity index (χ0v) is 18.2. The molecule has 0 atom stereocenters. The number of rotatable bonds is 8. The van der Waals surface area contributed by atoms with Gasteiger partial charge in [-0.2, -0.15) is 0 Å². The summed E-state index contributed by atoms with van der Waals surface area (Å²) in [4.78, 5) is 13.5. The highest BCUT2D eigenvalue weighted by Crippen LogP contribution is 2.20. The average molecular weight is 443 g/mol. The maximum atomic E-state index is 12.5. The van der Waals surface area contributed by atoms with Crippen molar-refractivity contribution in [2.24, 2.45) is 0 Å². The lowest BCUT2D eigenvalue weighted by Gasteiger charge is -2.10. The minimum Gasteiger partial charge on any atom is -0.497 e. The zero-order valence-electron chi connectivity index (χ0n) is 16.6. The first-order valence-electron chi connectivity index (χ1n) is 9.09. The highest BCUT2D eigenvalue weighted by atomic mass is 32.2. The number of nitrogens with one attached hydrogen (secondary N) is 2. The van der Waals surface area contributed by atoms with Crippen LogP contribution in [0.1, 0.15) is 15.9 Å². The molecule has 2 N–H and O–H groups in total. The van der Waals surface area contributed by atoms with Crippen LogP contribution in [-0.2, 0) is 16.6 Å². The molecule has 0 fully saturated rings. The first-order chi connectivity index (χ1) is 14.4. The van der Waals surface area contributed by atoms with Gasteiger partial charge in [0.25, 0.3) is 15.9 Å².